The molecule has 0 fully saturated rings. The van der Waals surface area contributed by atoms with E-state index in [0.717, 1.165) is 12.0 Å². The molecule has 33 heavy (non-hydrogen) atoms. The van der Waals surface area contributed by atoms with Gasteiger partial charge in [0.15, 0.2) is 0 Å². The van der Waals surface area contributed by atoms with E-state index in [1.165, 1.54) is 12.1 Å². The molecule has 0 saturated heterocycles. The highest BCUT2D eigenvalue weighted by Crippen LogP contribution is 2.37. The van der Waals surface area contributed by atoms with Crippen LogP contribution in [0, 0.1) is 11.7 Å². The van der Waals surface area contributed by atoms with Crippen LogP contribution >= 0.6 is 0 Å². The first-order valence-corrected chi connectivity index (χ1v) is 10.9. The molecule has 1 unspecified atom stereocenters. The molecule has 2 amide bonds. The second-order valence-corrected chi connectivity index (χ2v) is 8.43. The summed E-state index contributed by atoms with van der Waals surface area (Å²) in [5.41, 5.74) is 2.68. The Morgan fingerprint density at radius 3 is 2.73 bits per heavy atom. The molecule has 7 nitrogen and oxygen atoms in total. The minimum absolute atomic E-state index is 0.237. The highest BCUT2D eigenvalue weighted by Gasteiger charge is 2.35. The summed E-state index contributed by atoms with van der Waals surface area (Å²) in [4.78, 5) is 19.3. The third-order valence-electron chi connectivity index (χ3n) is 5.69. The molecule has 0 aliphatic carbocycles. The number of methoxy groups -OCH3 is 1. The van der Waals surface area contributed by atoms with Crippen molar-refractivity contribution < 1.29 is 18.4 Å². The van der Waals surface area contributed by atoms with Gasteiger partial charge in [-0.3, -0.25) is 4.90 Å². The van der Waals surface area contributed by atoms with Crippen molar-refractivity contribution in [2.45, 2.75) is 33.2 Å². The maximum atomic E-state index is 14.0. The lowest BCUT2D eigenvalue weighted by atomic mass is 9.94. The van der Waals surface area contributed by atoms with Crippen LogP contribution in [0.3, 0.4) is 0 Å². The van der Waals surface area contributed by atoms with Crippen molar-refractivity contribution in [3.05, 3.63) is 71.5 Å². The summed E-state index contributed by atoms with van der Waals surface area (Å²) in [7, 11) is 1.59. The molecule has 0 spiro atoms. The van der Waals surface area contributed by atoms with Gasteiger partial charge in [0.25, 0.3) is 5.89 Å². The van der Waals surface area contributed by atoms with Gasteiger partial charge >= 0.3 is 6.03 Å². The lowest BCUT2D eigenvalue weighted by Crippen LogP contribution is -2.46. The molecule has 2 heterocycles. The molecule has 1 aliphatic rings. The standard InChI is InChI=1S/C25H27FN4O3/c1-15(2)11-12-30-16(3)21(22(27-25(30)31)17-7-5-9-19(26)13-17)24-28-23(29-33-24)18-8-6-10-20(14-18)32-4/h5-10,13-15,22H,11-12H2,1-4H3,(H,27,31). The first kappa shape index (κ1) is 22.5. The predicted octanol–water partition coefficient (Wildman–Crippen LogP) is 5.43. The number of halogens is 1. The lowest BCUT2D eigenvalue weighted by Gasteiger charge is -2.35. The number of hydrogen-bond acceptors (Lipinski definition) is 5. The Labute approximate surface area is 192 Å². The number of allylic oxidation sites excluding steroid dienone is 1. The molecule has 4 rings (SSSR count). The van der Waals surface area contributed by atoms with Gasteiger partial charge in [-0.2, -0.15) is 4.98 Å². The normalized spacial score (nSPS) is 16.4. The van der Waals surface area contributed by atoms with Crippen molar-refractivity contribution in [2.75, 3.05) is 13.7 Å². The van der Waals surface area contributed by atoms with Crippen LogP contribution in [0.5, 0.6) is 5.75 Å². The summed E-state index contributed by atoms with van der Waals surface area (Å²) >= 11 is 0. The quantitative estimate of drug-likeness (QED) is 0.519. The smallest absolute Gasteiger partial charge is 0.322 e. The first-order valence-electron chi connectivity index (χ1n) is 10.9. The molecule has 0 radical (unpaired) electrons. The molecule has 172 valence electrons. The SMILES string of the molecule is COc1cccc(-c2noc(C3=C(C)N(CCC(C)C)C(=O)NC3c3cccc(F)c3)n2)c1. The average Bonchev–Trinajstić information content (AvgIpc) is 3.28. The molecule has 1 aliphatic heterocycles. The molecular weight excluding hydrogens is 423 g/mol. The van der Waals surface area contributed by atoms with Gasteiger partial charge in [-0.25, -0.2) is 9.18 Å². The molecule has 2 aromatic carbocycles. The van der Waals surface area contributed by atoms with Gasteiger partial charge in [-0.1, -0.05) is 43.3 Å². The number of nitrogens with one attached hydrogen (secondary N) is 1. The molecule has 1 N–H and O–H groups in total. The molecule has 8 heteroatoms. The summed E-state index contributed by atoms with van der Waals surface area (Å²) in [5.74, 6) is 1.39. The van der Waals surface area contributed by atoms with E-state index in [9.17, 15) is 9.18 Å². The second-order valence-electron chi connectivity index (χ2n) is 8.43. The highest BCUT2D eigenvalue weighted by atomic mass is 19.1. The van der Waals surface area contributed by atoms with Gasteiger partial charge in [0.2, 0.25) is 5.82 Å². The Balaban J connectivity index is 1.79. The number of aromatic nitrogens is 2. The Morgan fingerprint density at radius 2 is 2.00 bits per heavy atom. The van der Waals surface area contributed by atoms with Crippen molar-refractivity contribution in [3.8, 4) is 17.1 Å². The number of urea groups is 1. The molecule has 0 bridgehead atoms. The Hall–Kier alpha value is -3.68. The number of carbonyl (C=O) groups excluding carboxylic acids is 1. The summed E-state index contributed by atoms with van der Waals surface area (Å²) in [6.45, 7) is 6.62. The van der Waals surface area contributed by atoms with E-state index >= 15 is 0 Å². The van der Waals surface area contributed by atoms with E-state index in [0.29, 0.717) is 40.9 Å². The molecule has 0 saturated carbocycles. The summed E-state index contributed by atoms with van der Waals surface area (Å²) in [5, 5.41) is 7.15. The van der Waals surface area contributed by atoms with E-state index in [-0.39, 0.29) is 17.7 Å². The van der Waals surface area contributed by atoms with Crippen LogP contribution in [0.4, 0.5) is 9.18 Å². The highest BCUT2D eigenvalue weighted by molar-refractivity contribution is 5.86. The van der Waals surface area contributed by atoms with Crippen molar-refractivity contribution >= 4 is 11.6 Å². The Kier molecular flexibility index (Phi) is 6.44. The van der Waals surface area contributed by atoms with E-state index in [1.54, 1.807) is 24.1 Å². The Bertz CT molecular complexity index is 1190. The number of hydrogen-bond donors (Lipinski definition) is 1. The van der Waals surface area contributed by atoms with Crippen LogP contribution in [-0.4, -0.2) is 34.7 Å². The van der Waals surface area contributed by atoms with E-state index < -0.39 is 6.04 Å². The number of nitrogens with zero attached hydrogens (tertiary/aromatic N) is 3. The van der Waals surface area contributed by atoms with Crippen LogP contribution in [0.25, 0.3) is 17.0 Å². The molecule has 3 aromatic rings. The average molecular weight is 451 g/mol. The maximum Gasteiger partial charge on any atom is 0.322 e. The summed E-state index contributed by atoms with van der Waals surface area (Å²) in [6.07, 6.45) is 0.835. The van der Waals surface area contributed by atoms with Crippen molar-refractivity contribution in [3.63, 3.8) is 0 Å². The number of ether oxygens (including phenoxy) is 1. The summed E-state index contributed by atoms with van der Waals surface area (Å²) in [6, 6.07) is 12.7. The lowest BCUT2D eigenvalue weighted by molar-refractivity contribution is 0.202. The number of rotatable bonds is 7. The van der Waals surface area contributed by atoms with Crippen molar-refractivity contribution in [1.82, 2.24) is 20.4 Å². The van der Waals surface area contributed by atoms with Crippen LogP contribution in [0.2, 0.25) is 0 Å². The summed E-state index contributed by atoms with van der Waals surface area (Å²) < 4.78 is 25.0. The first-order chi connectivity index (χ1) is 15.9. The fraction of sp³-hybridized carbons (Fsp3) is 0.320. The molecule has 1 atom stereocenters. The maximum absolute atomic E-state index is 14.0. The Morgan fingerprint density at radius 1 is 1.21 bits per heavy atom. The van der Waals surface area contributed by atoms with Crippen LogP contribution in [0.15, 0.2) is 58.8 Å². The zero-order valence-electron chi connectivity index (χ0n) is 19.1. The number of amides is 2. The fourth-order valence-electron chi connectivity index (χ4n) is 3.86. The van der Waals surface area contributed by atoms with Gasteiger partial charge in [0.05, 0.1) is 18.7 Å². The third-order valence-corrected chi connectivity index (χ3v) is 5.69. The monoisotopic (exact) mass is 450 g/mol. The minimum atomic E-state index is -0.623. The number of carbonyl (C=O) groups is 1. The van der Waals surface area contributed by atoms with Crippen LogP contribution in [0.1, 0.15) is 44.7 Å². The van der Waals surface area contributed by atoms with Gasteiger partial charge in [0.1, 0.15) is 11.6 Å². The van der Waals surface area contributed by atoms with Gasteiger partial charge in [-0.05, 0) is 49.1 Å². The fourth-order valence-corrected chi connectivity index (χ4v) is 3.86. The zero-order chi connectivity index (χ0) is 23.5. The van der Waals surface area contributed by atoms with Gasteiger partial charge < -0.3 is 14.6 Å². The second kappa shape index (κ2) is 9.44. The van der Waals surface area contributed by atoms with Crippen molar-refractivity contribution in [2.24, 2.45) is 5.92 Å². The number of benzene rings is 2. The molecular formula is C25H27FN4O3. The third kappa shape index (κ3) is 4.74. The van der Waals surface area contributed by atoms with E-state index in [1.807, 2.05) is 31.2 Å². The van der Waals surface area contributed by atoms with E-state index in [2.05, 4.69) is 29.3 Å². The van der Waals surface area contributed by atoms with Gasteiger partial charge in [0, 0.05) is 17.8 Å². The van der Waals surface area contributed by atoms with Crippen molar-refractivity contribution in [1.29, 1.82) is 0 Å². The topological polar surface area (TPSA) is 80.5 Å². The zero-order valence-corrected chi connectivity index (χ0v) is 19.1. The predicted molar refractivity (Wildman–Crippen MR) is 123 cm³/mol. The van der Waals surface area contributed by atoms with E-state index in [4.69, 9.17) is 9.26 Å². The molecule has 1 aromatic heterocycles. The minimum Gasteiger partial charge on any atom is -0.497 e. The largest absolute Gasteiger partial charge is 0.497 e. The van der Waals surface area contributed by atoms with Gasteiger partial charge in [-0.15, -0.1) is 0 Å². The van der Waals surface area contributed by atoms with Crippen LogP contribution in [-0.2, 0) is 0 Å². The van der Waals surface area contributed by atoms with Crippen LogP contribution < -0.4 is 10.1 Å².